The molecular weight excluding hydrogens is 258 g/mol. The first kappa shape index (κ1) is 15.5. The van der Waals surface area contributed by atoms with E-state index in [1.807, 2.05) is 50.2 Å². The first-order chi connectivity index (χ1) is 10.2. The SMILES string of the molecule is CCC(=O)C(C)N(Cc1ccccc1)Cc1ccccc1. The second kappa shape index (κ2) is 7.75. The zero-order chi connectivity index (χ0) is 15.1. The van der Waals surface area contributed by atoms with Gasteiger partial charge in [-0.1, -0.05) is 67.6 Å². The average molecular weight is 281 g/mol. The van der Waals surface area contributed by atoms with Gasteiger partial charge in [0, 0.05) is 19.5 Å². The lowest BCUT2D eigenvalue weighted by atomic mass is 10.1. The molecule has 0 bridgehead atoms. The van der Waals surface area contributed by atoms with E-state index in [9.17, 15) is 4.79 Å². The van der Waals surface area contributed by atoms with Crippen LogP contribution in [-0.2, 0) is 17.9 Å². The summed E-state index contributed by atoms with van der Waals surface area (Å²) < 4.78 is 0. The monoisotopic (exact) mass is 281 g/mol. The molecule has 110 valence electrons. The van der Waals surface area contributed by atoms with Crippen LogP contribution in [-0.4, -0.2) is 16.7 Å². The molecule has 0 radical (unpaired) electrons. The fourth-order valence-corrected chi connectivity index (χ4v) is 2.46. The van der Waals surface area contributed by atoms with Crippen molar-refractivity contribution in [2.24, 2.45) is 0 Å². The molecule has 0 saturated carbocycles. The molecule has 0 spiro atoms. The minimum absolute atomic E-state index is 0.0598. The Morgan fingerprint density at radius 1 is 0.905 bits per heavy atom. The van der Waals surface area contributed by atoms with Gasteiger partial charge in [0.15, 0.2) is 0 Å². The van der Waals surface area contributed by atoms with Crippen molar-refractivity contribution in [3.8, 4) is 0 Å². The molecule has 0 saturated heterocycles. The fraction of sp³-hybridized carbons (Fsp3) is 0.316. The van der Waals surface area contributed by atoms with Crippen LogP contribution in [0.1, 0.15) is 31.4 Å². The summed E-state index contributed by atoms with van der Waals surface area (Å²) in [7, 11) is 0. The van der Waals surface area contributed by atoms with Gasteiger partial charge in [0.25, 0.3) is 0 Å². The summed E-state index contributed by atoms with van der Waals surface area (Å²) >= 11 is 0. The lowest BCUT2D eigenvalue weighted by Crippen LogP contribution is -2.37. The van der Waals surface area contributed by atoms with Crippen LogP contribution in [0.3, 0.4) is 0 Å². The molecular formula is C19H23NO. The highest BCUT2D eigenvalue weighted by Crippen LogP contribution is 2.14. The van der Waals surface area contributed by atoms with Crippen molar-refractivity contribution < 1.29 is 4.79 Å². The van der Waals surface area contributed by atoms with E-state index in [1.54, 1.807) is 0 Å². The van der Waals surface area contributed by atoms with Gasteiger partial charge in [0.2, 0.25) is 0 Å². The molecule has 2 aromatic carbocycles. The van der Waals surface area contributed by atoms with Crippen LogP contribution in [0.2, 0.25) is 0 Å². The topological polar surface area (TPSA) is 20.3 Å². The smallest absolute Gasteiger partial charge is 0.149 e. The second-order valence-electron chi connectivity index (χ2n) is 5.37. The van der Waals surface area contributed by atoms with Gasteiger partial charge >= 0.3 is 0 Å². The van der Waals surface area contributed by atoms with E-state index in [1.165, 1.54) is 11.1 Å². The van der Waals surface area contributed by atoms with Gasteiger partial charge in [0.05, 0.1) is 6.04 Å². The Morgan fingerprint density at radius 2 is 1.33 bits per heavy atom. The second-order valence-corrected chi connectivity index (χ2v) is 5.37. The fourth-order valence-electron chi connectivity index (χ4n) is 2.46. The number of benzene rings is 2. The average Bonchev–Trinajstić information content (AvgIpc) is 2.54. The van der Waals surface area contributed by atoms with Crippen molar-refractivity contribution in [3.63, 3.8) is 0 Å². The molecule has 2 rings (SSSR count). The molecule has 0 heterocycles. The largest absolute Gasteiger partial charge is 0.298 e. The van der Waals surface area contributed by atoms with Crippen LogP contribution in [0.15, 0.2) is 60.7 Å². The van der Waals surface area contributed by atoms with E-state index in [-0.39, 0.29) is 6.04 Å². The van der Waals surface area contributed by atoms with Crippen molar-refractivity contribution in [1.82, 2.24) is 4.90 Å². The highest BCUT2D eigenvalue weighted by atomic mass is 16.1. The summed E-state index contributed by atoms with van der Waals surface area (Å²) in [5.41, 5.74) is 2.48. The predicted molar refractivity (Wildman–Crippen MR) is 86.9 cm³/mol. The Kier molecular flexibility index (Phi) is 5.70. The van der Waals surface area contributed by atoms with Gasteiger partial charge in [-0.3, -0.25) is 9.69 Å². The van der Waals surface area contributed by atoms with Crippen LogP contribution in [0, 0.1) is 0 Å². The zero-order valence-electron chi connectivity index (χ0n) is 12.8. The number of hydrogen-bond donors (Lipinski definition) is 0. The lowest BCUT2D eigenvalue weighted by Gasteiger charge is -2.28. The molecule has 0 aromatic heterocycles. The molecule has 2 nitrogen and oxygen atoms in total. The third-order valence-corrected chi connectivity index (χ3v) is 3.82. The number of ketones is 1. The maximum atomic E-state index is 12.1. The molecule has 0 amide bonds. The third kappa shape index (κ3) is 4.54. The highest BCUT2D eigenvalue weighted by Gasteiger charge is 2.20. The van der Waals surface area contributed by atoms with Crippen LogP contribution < -0.4 is 0 Å². The predicted octanol–water partition coefficient (Wildman–Crippen LogP) is 4.06. The Labute approximate surface area is 127 Å². The number of carbonyl (C=O) groups excluding carboxylic acids is 1. The molecule has 0 N–H and O–H groups in total. The summed E-state index contributed by atoms with van der Waals surface area (Å²) in [4.78, 5) is 14.3. The van der Waals surface area contributed by atoms with Gasteiger partial charge in [-0.2, -0.15) is 0 Å². The van der Waals surface area contributed by atoms with Crippen LogP contribution in [0.5, 0.6) is 0 Å². The van der Waals surface area contributed by atoms with Gasteiger partial charge in [-0.05, 0) is 18.1 Å². The van der Waals surface area contributed by atoms with E-state index in [4.69, 9.17) is 0 Å². The lowest BCUT2D eigenvalue weighted by molar-refractivity contribution is -0.123. The molecule has 1 atom stereocenters. The minimum atomic E-state index is -0.0598. The van der Waals surface area contributed by atoms with Crippen molar-refractivity contribution in [2.45, 2.75) is 39.4 Å². The molecule has 0 fully saturated rings. The van der Waals surface area contributed by atoms with Crippen molar-refractivity contribution in [2.75, 3.05) is 0 Å². The Morgan fingerprint density at radius 3 is 1.71 bits per heavy atom. The van der Waals surface area contributed by atoms with Crippen molar-refractivity contribution in [1.29, 1.82) is 0 Å². The number of hydrogen-bond acceptors (Lipinski definition) is 2. The molecule has 0 aliphatic carbocycles. The van der Waals surface area contributed by atoms with Crippen molar-refractivity contribution >= 4 is 5.78 Å². The van der Waals surface area contributed by atoms with E-state index in [2.05, 4.69) is 29.2 Å². The summed E-state index contributed by atoms with van der Waals surface area (Å²) in [6.07, 6.45) is 0.585. The molecule has 1 unspecified atom stereocenters. The maximum absolute atomic E-state index is 12.1. The van der Waals surface area contributed by atoms with Crippen LogP contribution in [0.25, 0.3) is 0 Å². The Hall–Kier alpha value is -1.93. The van der Waals surface area contributed by atoms with Gasteiger partial charge in [0.1, 0.15) is 5.78 Å². The van der Waals surface area contributed by atoms with E-state index in [0.717, 1.165) is 13.1 Å². The van der Waals surface area contributed by atoms with Crippen LogP contribution >= 0.6 is 0 Å². The summed E-state index contributed by atoms with van der Waals surface area (Å²) in [6, 6.07) is 20.6. The molecule has 21 heavy (non-hydrogen) atoms. The van der Waals surface area contributed by atoms with E-state index >= 15 is 0 Å². The Bertz CT molecular complexity index is 509. The van der Waals surface area contributed by atoms with E-state index < -0.39 is 0 Å². The molecule has 2 heteroatoms. The van der Waals surface area contributed by atoms with Crippen molar-refractivity contribution in [3.05, 3.63) is 71.8 Å². The third-order valence-electron chi connectivity index (χ3n) is 3.82. The first-order valence-corrected chi connectivity index (χ1v) is 7.55. The number of rotatable bonds is 7. The number of nitrogens with zero attached hydrogens (tertiary/aromatic N) is 1. The standard InChI is InChI=1S/C19H23NO/c1-3-19(21)16(2)20(14-17-10-6-4-7-11-17)15-18-12-8-5-9-13-18/h4-13,16H,3,14-15H2,1-2H3. The summed E-state index contributed by atoms with van der Waals surface area (Å²) in [5, 5.41) is 0. The highest BCUT2D eigenvalue weighted by molar-refractivity contribution is 5.83. The normalized spacial score (nSPS) is 12.3. The van der Waals surface area contributed by atoms with Gasteiger partial charge < -0.3 is 0 Å². The number of carbonyl (C=O) groups is 1. The zero-order valence-corrected chi connectivity index (χ0v) is 12.8. The van der Waals surface area contributed by atoms with Crippen LogP contribution in [0.4, 0.5) is 0 Å². The first-order valence-electron chi connectivity index (χ1n) is 7.55. The quantitative estimate of drug-likeness (QED) is 0.763. The minimum Gasteiger partial charge on any atom is -0.298 e. The Balaban J connectivity index is 2.15. The van der Waals surface area contributed by atoms with E-state index in [0.29, 0.717) is 12.2 Å². The summed E-state index contributed by atoms with van der Waals surface area (Å²) in [5.74, 6) is 0.293. The molecule has 2 aromatic rings. The molecule has 0 aliphatic heterocycles. The van der Waals surface area contributed by atoms with Gasteiger partial charge in [-0.15, -0.1) is 0 Å². The maximum Gasteiger partial charge on any atom is 0.149 e. The van der Waals surface area contributed by atoms with Gasteiger partial charge in [-0.25, -0.2) is 0 Å². The number of Topliss-reactive ketones (excluding diaryl/α,β-unsaturated/α-hetero) is 1. The molecule has 0 aliphatic rings. The summed E-state index contributed by atoms with van der Waals surface area (Å²) in [6.45, 7) is 5.53.